The second kappa shape index (κ2) is 8.40. The molecule has 29 heavy (non-hydrogen) atoms. The van der Waals surface area contributed by atoms with E-state index in [0.29, 0.717) is 0 Å². The van der Waals surface area contributed by atoms with Gasteiger partial charge in [-0.1, -0.05) is 42.5 Å². The molecule has 0 aliphatic carbocycles. The van der Waals surface area contributed by atoms with Gasteiger partial charge in [0.05, 0.1) is 18.5 Å². The summed E-state index contributed by atoms with van der Waals surface area (Å²) in [6, 6.07) is 23.4. The summed E-state index contributed by atoms with van der Waals surface area (Å²) >= 11 is 0. The van der Waals surface area contributed by atoms with Gasteiger partial charge in [-0.05, 0) is 60.2 Å². The van der Waals surface area contributed by atoms with E-state index in [0.717, 1.165) is 33.9 Å². The summed E-state index contributed by atoms with van der Waals surface area (Å²) in [5, 5.41) is 0. The van der Waals surface area contributed by atoms with Crippen molar-refractivity contribution in [3.8, 4) is 17.0 Å². The summed E-state index contributed by atoms with van der Waals surface area (Å²) in [4.78, 5) is 17.0. The average molecular weight is 380 g/mol. The first-order valence-electron chi connectivity index (χ1n) is 9.31. The lowest BCUT2D eigenvalue weighted by molar-refractivity contribution is -0.110. The first kappa shape index (κ1) is 18.4. The quantitative estimate of drug-likeness (QED) is 0.426. The fourth-order valence-electron chi connectivity index (χ4n) is 3.13. The maximum absolute atomic E-state index is 12.3. The molecule has 2 aromatic carbocycles. The van der Waals surface area contributed by atoms with E-state index >= 15 is 0 Å². The van der Waals surface area contributed by atoms with Crippen LogP contribution in [-0.4, -0.2) is 22.3 Å². The van der Waals surface area contributed by atoms with Gasteiger partial charge in [0.15, 0.2) is 5.78 Å². The Morgan fingerprint density at radius 2 is 1.62 bits per heavy atom. The second-order valence-electron chi connectivity index (χ2n) is 6.48. The molecule has 142 valence electrons. The number of allylic oxidation sites excluding steroid dienone is 2. The first-order chi connectivity index (χ1) is 14.2. The maximum atomic E-state index is 12.3. The molecule has 4 rings (SSSR count). The summed E-state index contributed by atoms with van der Waals surface area (Å²) < 4.78 is 7.28. The van der Waals surface area contributed by atoms with Crippen molar-refractivity contribution in [1.82, 2.24) is 9.38 Å². The summed E-state index contributed by atoms with van der Waals surface area (Å²) in [5.41, 5.74) is 4.48. The van der Waals surface area contributed by atoms with Crippen LogP contribution in [-0.2, 0) is 4.79 Å². The molecule has 0 radical (unpaired) electrons. The highest BCUT2D eigenvalue weighted by Crippen LogP contribution is 2.28. The standard InChI is InChI=1S/C25H20N2O2/c1-29-22-15-11-20(12-16-22)25-23(26-24-9-5-6-18-27(24)25)17-14-21(28)13-10-19-7-3-2-4-8-19/h2-18H,1H3/b13-10+,17-14+. The Bertz CT molecular complexity index is 1190. The number of aromatic nitrogens is 2. The average Bonchev–Trinajstić information content (AvgIpc) is 3.15. The van der Waals surface area contributed by atoms with Crippen molar-refractivity contribution in [2.75, 3.05) is 7.11 Å². The van der Waals surface area contributed by atoms with Crippen LogP contribution >= 0.6 is 0 Å². The van der Waals surface area contributed by atoms with Crippen LogP contribution in [0.25, 0.3) is 29.1 Å². The van der Waals surface area contributed by atoms with Gasteiger partial charge in [-0.25, -0.2) is 4.98 Å². The first-order valence-corrected chi connectivity index (χ1v) is 9.31. The molecule has 0 aliphatic heterocycles. The molecule has 0 atom stereocenters. The zero-order valence-corrected chi connectivity index (χ0v) is 16.0. The lowest BCUT2D eigenvalue weighted by atomic mass is 10.1. The minimum atomic E-state index is -0.0911. The number of nitrogens with zero attached hydrogens (tertiary/aromatic N) is 2. The lowest BCUT2D eigenvalue weighted by Gasteiger charge is -2.05. The molecule has 0 fully saturated rings. The van der Waals surface area contributed by atoms with Gasteiger partial charge in [-0.2, -0.15) is 0 Å². The van der Waals surface area contributed by atoms with Crippen LogP contribution in [0.4, 0.5) is 0 Å². The third-order valence-corrected chi connectivity index (χ3v) is 4.57. The molecule has 4 aromatic rings. The van der Waals surface area contributed by atoms with Crippen LogP contribution in [0.1, 0.15) is 11.3 Å². The molecule has 0 saturated heterocycles. The fraction of sp³-hybridized carbons (Fsp3) is 0.0400. The molecular formula is C25H20N2O2. The predicted octanol–water partition coefficient (Wildman–Crippen LogP) is 5.31. The highest BCUT2D eigenvalue weighted by atomic mass is 16.5. The van der Waals surface area contributed by atoms with Crippen molar-refractivity contribution < 1.29 is 9.53 Å². The normalized spacial score (nSPS) is 11.5. The van der Waals surface area contributed by atoms with Gasteiger partial charge < -0.3 is 4.74 Å². The molecule has 0 spiro atoms. The maximum Gasteiger partial charge on any atom is 0.178 e. The largest absolute Gasteiger partial charge is 0.497 e. The highest BCUT2D eigenvalue weighted by molar-refractivity contribution is 6.04. The number of ketones is 1. The highest BCUT2D eigenvalue weighted by Gasteiger charge is 2.12. The molecule has 4 heteroatoms. The van der Waals surface area contributed by atoms with Crippen LogP contribution in [0.2, 0.25) is 0 Å². The summed E-state index contributed by atoms with van der Waals surface area (Å²) in [6.45, 7) is 0. The number of ether oxygens (including phenoxy) is 1. The number of pyridine rings is 1. The zero-order chi connectivity index (χ0) is 20.1. The monoisotopic (exact) mass is 380 g/mol. The molecule has 0 unspecified atom stereocenters. The van der Waals surface area contributed by atoms with E-state index in [2.05, 4.69) is 0 Å². The number of imidazole rings is 1. The molecule has 0 N–H and O–H groups in total. The molecule has 2 aromatic heterocycles. The van der Waals surface area contributed by atoms with Crippen molar-refractivity contribution in [1.29, 1.82) is 0 Å². The molecule has 0 bridgehead atoms. The molecular weight excluding hydrogens is 360 g/mol. The number of carbonyl (C=O) groups excluding carboxylic acids is 1. The number of hydrogen-bond acceptors (Lipinski definition) is 3. The van der Waals surface area contributed by atoms with Gasteiger partial charge >= 0.3 is 0 Å². The molecule has 2 heterocycles. The van der Waals surface area contributed by atoms with Gasteiger partial charge in [-0.3, -0.25) is 9.20 Å². The number of benzene rings is 2. The Morgan fingerprint density at radius 1 is 0.897 bits per heavy atom. The van der Waals surface area contributed by atoms with E-state index < -0.39 is 0 Å². The third-order valence-electron chi connectivity index (χ3n) is 4.57. The van der Waals surface area contributed by atoms with Crippen LogP contribution in [0, 0.1) is 0 Å². The Hall–Kier alpha value is -3.92. The summed E-state index contributed by atoms with van der Waals surface area (Å²) in [7, 11) is 1.64. The van der Waals surface area contributed by atoms with Crippen LogP contribution in [0.15, 0.2) is 91.1 Å². The Morgan fingerprint density at radius 3 is 2.38 bits per heavy atom. The topological polar surface area (TPSA) is 43.6 Å². The van der Waals surface area contributed by atoms with Gasteiger partial charge in [0.1, 0.15) is 11.4 Å². The van der Waals surface area contributed by atoms with E-state index in [-0.39, 0.29) is 5.78 Å². The Kier molecular flexibility index (Phi) is 5.34. The van der Waals surface area contributed by atoms with Crippen molar-refractivity contribution in [2.45, 2.75) is 0 Å². The Labute approximate surface area is 169 Å². The van der Waals surface area contributed by atoms with E-state index in [1.807, 2.05) is 83.4 Å². The second-order valence-corrected chi connectivity index (χ2v) is 6.48. The fourth-order valence-corrected chi connectivity index (χ4v) is 3.13. The molecule has 4 nitrogen and oxygen atoms in total. The Balaban J connectivity index is 1.67. The number of rotatable bonds is 6. The number of methoxy groups -OCH3 is 1. The van der Waals surface area contributed by atoms with Crippen molar-refractivity contribution in [2.24, 2.45) is 0 Å². The molecule has 0 saturated carbocycles. The van der Waals surface area contributed by atoms with Gasteiger partial charge in [0.2, 0.25) is 0 Å². The minimum absolute atomic E-state index is 0.0911. The number of carbonyl (C=O) groups is 1. The lowest BCUT2D eigenvalue weighted by Crippen LogP contribution is -1.90. The van der Waals surface area contributed by atoms with Crippen LogP contribution in [0.3, 0.4) is 0 Å². The van der Waals surface area contributed by atoms with Crippen molar-refractivity contribution >= 4 is 23.6 Å². The van der Waals surface area contributed by atoms with Gasteiger partial charge in [0, 0.05) is 11.8 Å². The smallest absolute Gasteiger partial charge is 0.178 e. The van der Waals surface area contributed by atoms with Gasteiger partial charge in [-0.15, -0.1) is 0 Å². The van der Waals surface area contributed by atoms with Crippen LogP contribution < -0.4 is 4.74 Å². The summed E-state index contributed by atoms with van der Waals surface area (Å²) in [6.07, 6.45) is 8.66. The minimum Gasteiger partial charge on any atom is -0.497 e. The third kappa shape index (κ3) is 4.17. The van der Waals surface area contributed by atoms with Crippen molar-refractivity contribution in [3.63, 3.8) is 0 Å². The number of hydrogen-bond donors (Lipinski definition) is 0. The summed E-state index contributed by atoms with van der Waals surface area (Å²) in [5.74, 6) is 0.701. The SMILES string of the molecule is COc1ccc(-c2c(/C=C/C(=O)/C=C/c3ccccc3)nc3ccccn23)cc1. The van der Waals surface area contributed by atoms with E-state index in [1.165, 1.54) is 0 Å². The van der Waals surface area contributed by atoms with Crippen molar-refractivity contribution in [3.05, 3.63) is 102 Å². The van der Waals surface area contributed by atoms with Gasteiger partial charge in [0.25, 0.3) is 0 Å². The number of fused-ring (bicyclic) bond motifs is 1. The zero-order valence-electron chi connectivity index (χ0n) is 16.0. The van der Waals surface area contributed by atoms with E-state index in [4.69, 9.17) is 9.72 Å². The molecule has 0 amide bonds. The predicted molar refractivity (Wildman–Crippen MR) is 117 cm³/mol. The van der Waals surface area contributed by atoms with E-state index in [9.17, 15) is 4.79 Å². The van der Waals surface area contributed by atoms with E-state index in [1.54, 1.807) is 31.4 Å². The van der Waals surface area contributed by atoms with Crippen LogP contribution in [0.5, 0.6) is 5.75 Å². The molecule has 0 aliphatic rings.